The van der Waals surface area contributed by atoms with Crippen molar-refractivity contribution in [1.29, 1.82) is 0 Å². The molecule has 0 bridgehead atoms. The zero-order valence-electron chi connectivity index (χ0n) is 12.6. The van der Waals surface area contributed by atoms with Crippen LogP contribution in [0, 0.1) is 5.92 Å². The molecule has 0 radical (unpaired) electrons. The van der Waals surface area contributed by atoms with Crippen LogP contribution >= 0.6 is 0 Å². The maximum absolute atomic E-state index is 12.8. The first-order chi connectivity index (χ1) is 8.89. The number of nitrogens with one attached hydrogen (secondary N) is 1. The maximum atomic E-state index is 12.8. The molecular formula is C15H28N2O2. The topological polar surface area (TPSA) is 52.6 Å². The van der Waals surface area contributed by atoms with Gasteiger partial charge in [-0.25, -0.2) is 0 Å². The van der Waals surface area contributed by atoms with E-state index in [4.69, 9.17) is 0 Å². The predicted octanol–water partition coefficient (Wildman–Crippen LogP) is 1.87. The lowest BCUT2D eigenvalue weighted by Crippen LogP contribution is -2.48. The lowest BCUT2D eigenvalue weighted by molar-refractivity contribution is -0.136. The van der Waals surface area contributed by atoms with E-state index in [1.807, 2.05) is 6.92 Å². The van der Waals surface area contributed by atoms with Crippen molar-refractivity contribution in [1.82, 2.24) is 10.2 Å². The molecular weight excluding hydrogens is 240 g/mol. The maximum Gasteiger partial charge on any atom is 0.244 e. The quantitative estimate of drug-likeness (QED) is 0.821. The van der Waals surface area contributed by atoms with E-state index >= 15 is 0 Å². The number of hydrogen-bond donors (Lipinski definition) is 2. The van der Waals surface area contributed by atoms with Crippen molar-refractivity contribution in [3.8, 4) is 0 Å². The van der Waals surface area contributed by atoms with Crippen molar-refractivity contribution in [2.75, 3.05) is 0 Å². The Balaban J connectivity index is 2.18. The van der Waals surface area contributed by atoms with Gasteiger partial charge in [-0.1, -0.05) is 20.8 Å². The molecule has 1 heterocycles. The highest BCUT2D eigenvalue weighted by Crippen LogP contribution is 2.33. The molecule has 0 aromatic carbocycles. The molecule has 0 aromatic rings. The molecule has 1 aliphatic heterocycles. The first-order valence-electron chi connectivity index (χ1n) is 7.67. The van der Waals surface area contributed by atoms with Crippen LogP contribution in [0.15, 0.2) is 0 Å². The zero-order chi connectivity index (χ0) is 14.2. The van der Waals surface area contributed by atoms with Crippen LogP contribution in [0.3, 0.4) is 0 Å². The molecule has 4 heteroatoms. The van der Waals surface area contributed by atoms with Gasteiger partial charge in [0.2, 0.25) is 5.91 Å². The Hall–Kier alpha value is -0.610. The van der Waals surface area contributed by atoms with Gasteiger partial charge in [0.15, 0.2) is 0 Å². The molecule has 110 valence electrons. The molecule has 1 saturated carbocycles. The Bertz CT molecular complexity index is 337. The molecule has 2 fully saturated rings. The molecule has 1 saturated heterocycles. The molecule has 2 atom stereocenters. The number of aliphatic hydroxyl groups is 1. The van der Waals surface area contributed by atoms with E-state index in [0.29, 0.717) is 12.0 Å². The summed E-state index contributed by atoms with van der Waals surface area (Å²) in [5.74, 6) is 0.652. The van der Waals surface area contributed by atoms with Crippen molar-refractivity contribution in [3.63, 3.8) is 0 Å². The second kappa shape index (κ2) is 5.41. The molecule has 2 N–H and O–H groups in total. The monoisotopic (exact) mass is 268 g/mol. The van der Waals surface area contributed by atoms with Gasteiger partial charge in [-0.3, -0.25) is 10.1 Å². The average molecular weight is 268 g/mol. The first-order valence-corrected chi connectivity index (χ1v) is 7.67. The van der Waals surface area contributed by atoms with E-state index in [0.717, 1.165) is 32.1 Å². The summed E-state index contributed by atoms with van der Waals surface area (Å²) in [6.45, 7) is 8.41. The number of amides is 1. The highest BCUT2D eigenvalue weighted by molar-refractivity contribution is 5.88. The van der Waals surface area contributed by atoms with Gasteiger partial charge in [0.1, 0.15) is 0 Å². The normalized spacial score (nSPS) is 40.2. The standard InChI is InChI=1S/C15H28N2O2/c1-5-15(4)14(19)17(13(16-15)10(2)3)11-6-8-12(18)9-7-11/h10-13,16,18H,5-9H2,1-4H3. The van der Waals surface area contributed by atoms with Crippen molar-refractivity contribution in [3.05, 3.63) is 0 Å². The van der Waals surface area contributed by atoms with Gasteiger partial charge in [-0.05, 0) is 44.9 Å². The Labute approximate surface area is 116 Å². The number of carbonyl (C=O) groups is 1. The fourth-order valence-corrected chi connectivity index (χ4v) is 3.34. The summed E-state index contributed by atoms with van der Waals surface area (Å²) in [5, 5.41) is 13.2. The molecule has 1 amide bonds. The van der Waals surface area contributed by atoms with Gasteiger partial charge in [-0.15, -0.1) is 0 Å². The number of aliphatic hydroxyl groups excluding tert-OH is 1. The lowest BCUT2D eigenvalue weighted by Gasteiger charge is -2.38. The smallest absolute Gasteiger partial charge is 0.244 e. The molecule has 19 heavy (non-hydrogen) atoms. The second-order valence-corrected chi connectivity index (χ2v) is 6.69. The number of nitrogens with zero attached hydrogens (tertiary/aromatic N) is 1. The minimum atomic E-state index is -0.412. The summed E-state index contributed by atoms with van der Waals surface area (Å²) in [6, 6.07) is 0.296. The summed E-state index contributed by atoms with van der Waals surface area (Å²) >= 11 is 0. The van der Waals surface area contributed by atoms with Crippen LogP contribution < -0.4 is 5.32 Å². The SMILES string of the molecule is CCC1(C)NC(C(C)C)N(C2CCC(O)CC2)C1=O. The summed E-state index contributed by atoms with van der Waals surface area (Å²) < 4.78 is 0. The minimum Gasteiger partial charge on any atom is -0.393 e. The van der Waals surface area contributed by atoms with E-state index in [2.05, 4.69) is 31.0 Å². The minimum absolute atomic E-state index is 0.137. The molecule has 1 aliphatic carbocycles. The average Bonchev–Trinajstić information content (AvgIpc) is 2.65. The van der Waals surface area contributed by atoms with Gasteiger partial charge in [0.05, 0.1) is 17.8 Å². The Morgan fingerprint density at radius 1 is 1.37 bits per heavy atom. The Morgan fingerprint density at radius 2 is 1.95 bits per heavy atom. The fraction of sp³-hybridized carbons (Fsp3) is 0.933. The summed E-state index contributed by atoms with van der Waals surface area (Å²) in [5.41, 5.74) is -0.412. The van der Waals surface area contributed by atoms with Crippen LogP contribution in [0.2, 0.25) is 0 Å². The van der Waals surface area contributed by atoms with Crippen LogP contribution in [0.25, 0.3) is 0 Å². The number of carbonyl (C=O) groups excluding carboxylic acids is 1. The molecule has 2 aliphatic rings. The first kappa shape index (κ1) is 14.8. The summed E-state index contributed by atoms with van der Waals surface area (Å²) in [7, 11) is 0. The summed E-state index contributed by atoms with van der Waals surface area (Å²) in [4.78, 5) is 14.8. The third kappa shape index (κ3) is 2.65. The lowest BCUT2D eigenvalue weighted by atomic mass is 9.90. The number of hydrogen-bond acceptors (Lipinski definition) is 3. The van der Waals surface area contributed by atoms with Gasteiger partial charge in [0.25, 0.3) is 0 Å². The Morgan fingerprint density at radius 3 is 2.42 bits per heavy atom. The highest BCUT2D eigenvalue weighted by Gasteiger charge is 2.50. The van der Waals surface area contributed by atoms with E-state index in [-0.39, 0.29) is 18.2 Å². The predicted molar refractivity (Wildman–Crippen MR) is 75.6 cm³/mol. The van der Waals surface area contributed by atoms with Crippen molar-refractivity contribution < 1.29 is 9.90 Å². The van der Waals surface area contributed by atoms with Gasteiger partial charge in [0, 0.05) is 6.04 Å². The van der Waals surface area contributed by atoms with Crippen molar-refractivity contribution >= 4 is 5.91 Å². The largest absolute Gasteiger partial charge is 0.393 e. The van der Waals surface area contributed by atoms with Crippen LogP contribution in [0.1, 0.15) is 59.8 Å². The van der Waals surface area contributed by atoms with E-state index in [1.54, 1.807) is 0 Å². The molecule has 0 spiro atoms. The Kier molecular flexibility index (Phi) is 4.21. The van der Waals surface area contributed by atoms with Gasteiger partial charge < -0.3 is 10.0 Å². The van der Waals surface area contributed by atoms with Gasteiger partial charge in [-0.2, -0.15) is 0 Å². The van der Waals surface area contributed by atoms with Crippen LogP contribution in [0.5, 0.6) is 0 Å². The highest BCUT2D eigenvalue weighted by atomic mass is 16.3. The van der Waals surface area contributed by atoms with E-state index in [9.17, 15) is 9.90 Å². The van der Waals surface area contributed by atoms with Crippen LogP contribution in [-0.2, 0) is 4.79 Å². The zero-order valence-corrected chi connectivity index (χ0v) is 12.6. The fourth-order valence-electron chi connectivity index (χ4n) is 3.34. The van der Waals surface area contributed by atoms with E-state index < -0.39 is 5.54 Å². The number of rotatable bonds is 3. The van der Waals surface area contributed by atoms with Crippen molar-refractivity contribution in [2.45, 2.75) is 83.6 Å². The van der Waals surface area contributed by atoms with Crippen molar-refractivity contribution in [2.24, 2.45) is 5.92 Å². The molecule has 4 nitrogen and oxygen atoms in total. The van der Waals surface area contributed by atoms with Gasteiger partial charge >= 0.3 is 0 Å². The molecule has 2 rings (SSSR count). The van der Waals surface area contributed by atoms with E-state index in [1.165, 1.54) is 0 Å². The molecule has 0 aromatic heterocycles. The van der Waals surface area contributed by atoms with Crippen LogP contribution in [0.4, 0.5) is 0 Å². The summed E-state index contributed by atoms with van der Waals surface area (Å²) in [6.07, 6.45) is 4.29. The molecule has 2 unspecified atom stereocenters. The third-order valence-corrected chi connectivity index (χ3v) is 4.87. The third-order valence-electron chi connectivity index (χ3n) is 4.87. The van der Waals surface area contributed by atoms with Crippen LogP contribution in [-0.4, -0.2) is 39.8 Å². The second-order valence-electron chi connectivity index (χ2n) is 6.69.